The van der Waals surface area contributed by atoms with E-state index in [-0.39, 0.29) is 34.7 Å². The van der Waals surface area contributed by atoms with E-state index < -0.39 is 9.84 Å². The van der Waals surface area contributed by atoms with Gasteiger partial charge < -0.3 is 15.7 Å². The highest BCUT2D eigenvalue weighted by Gasteiger charge is 2.18. The molecule has 1 aromatic carbocycles. The average molecular weight is 330 g/mol. The molecule has 0 saturated carbocycles. The lowest BCUT2D eigenvalue weighted by atomic mass is 10.2. The number of sulfone groups is 1. The van der Waals surface area contributed by atoms with E-state index in [0.29, 0.717) is 0 Å². The van der Waals surface area contributed by atoms with Crippen LogP contribution in [0, 0.1) is 0 Å². The van der Waals surface area contributed by atoms with Gasteiger partial charge >= 0.3 is 0 Å². The van der Waals surface area contributed by atoms with Gasteiger partial charge in [0.25, 0.3) is 0 Å². The minimum absolute atomic E-state index is 0.0574. The van der Waals surface area contributed by atoms with Gasteiger partial charge in [-0.25, -0.2) is 8.42 Å². The number of carbonyl (C=O) groups excluding carboxylic acids is 1. The van der Waals surface area contributed by atoms with Crippen LogP contribution in [0.4, 0.5) is 5.69 Å². The molecule has 1 fully saturated rings. The third-order valence-corrected chi connectivity index (χ3v) is 5.34. The molecule has 1 unspecified atom stereocenters. The molecule has 0 spiro atoms. The minimum atomic E-state index is -3.38. The van der Waals surface area contributed by atoms with Crippen LogP contribution in [0.2, 0.25) is 0 Å². The van der Waals surface area contributed by atoms with Crippen molar-refractivity contribution in [2.75, 3.05) is 29.6 Å². The van der Waals surface area contributed by atoms with E-state index in [1.165, 1.54) is 18.2 Å². The zero-order valence-electron chi connectivity index (χ0n) is 11.6. The predicted octanol–water partition coefficient (Wildman–Crippen LogP) is 0.829. The van der Waals surface area contributed by atoms with Crippen molar-refractivity contribution in [1.82, 2.24) is 5.32 Å². The fourth-order valence-corrected chi connectivity index (χ4v) is 3.62. The highest BCUT2D eigenvalue weighted by Crippen LogP contribution is 2.26. The van der Waals surface area contributed by atoms with Crippen molar-refractivity contribution in [2.24, 2.45) is 0 Å². The lowest BCUT2D eigenvalue weighted by molar-refractivity contribution is -0.116. The van der Waals surface area contributed by atoms with Gasteiger partial charge in [0, 0.05) is 36.8 Å². The molecule has 0 aliphatic carbocycles. The van der Waals surface area contributed by atoms with Crippen LogP contribution >= 0.6 is 11.8 Å². The molecule has 0 radical (unpaired) electrons. The second-order valence-corrected chi connectivity index (χ2v) is 8.09. The van der Waals surface area contributed by atoms with Crippen molar-refractivity contribution in [1.29, 1.82) is 0 Å². The van der Waals surface area contributed by atoms with Crippen LogP contribution in [0.3, 0.4) is 0 Å². The second-order valence-electron chi connectivity index (χ2n) is 4.93. The van der Waals surface area contributed by atoms with Crippen LogP contribution in [-0.2, 0) is 14.6 Å². The smallest absolute Gasteiger partial charge is 0.226 e. The van der Waals surface area contributed by atoms with E-state index in [0.717, 1.165) is 24.3 Å². The van der Waals surface area contributed by atoms with Gasteiger partial charge in [-0.15, -0.1) is 0 Å². The van der Waals surface area contributed by atoms with E-state index in [2.05, 4.69) is 10.6 Å². The lowest BCUT2D eigenvalue weighted by Crippen LogP contribution is -2.39. The summed E-state index contributed by atoms with van der Waals surface area (Å²) in [5.74, 6) is 1.50. The van der Waals surface area contributed by atoms with E-state index >= 15 is 0 Å². The monoisotopic (exact) mass is 330 g/mol. The Morgan fingerprint density at radius 2 is 2.29 bits per heavy atom. The van der Waals surface area contributed by atoms with Crippen molar-refractivity contribution in [3.63, 3.8) is 0 Å². The number of amides is 1. The number of carbonyl (C=O) groups is 1. The first-order valence-electron chi connectivity index (χ1n) is 6.50. The Morgan fingerprint density at radius 1 is 1.52 bits per heavy atom. The van der Waals surface area contributed by atoms with E-state index in [1.807, 2.05) is 0 Å². The lowest BCUT2D eigenvalue weighted by Gasteiger charge is -2.22. The van der Waals surface area contributed by atoms with Gasteiger partial charge in [-0.3, -0.25) is 4.79 Å². The van der Waals surface area contributed by atoms with Gasteiger partial charge in [-0.2, -0.15) is 11.8 Å². The number of nitrogens with one attached hydrogen (secondary N) is 2. The summed E-state index contributed by atoms with van der Waals surface area (Å²) in [5.41, 5.74) is 0.117. The molecule has 21 heavy (non-hydrogen) atoms. The Hall–Kier alpha value is -1.25. The molecule has 6 nitrogen and oxygen atoms in total. The Balaban J connectivity index is 2.06. The molecule has 3 N–H and O–H groups in total. The van der Waals surface area contributed by atoms with Crippen LogP contribution < -0.4 is 10.6 Å². The van der Waals surface area contributed by atoms with Crippen LogP contribution in [0.5, 0.6) is 5.75 Å². The van der Waals surface area contributed by atoms with Crippen LogP contribution in [-0.4, -0.2) is 49.8 Å². The topological polar surface area (TPSA) is 95.5 Å². The SMILES string of the molecule is CS(=O)(=O)c1ccc(O)c(NC(=O)CC2CSCCN2)c1. The van der Waals surface area contributed by atoms with Gasteiger partial charge in [-0.1, -0.05) is 0 Å². The van der Waals surface area contributed by atoms with E-state index in [9.17, 15) is 18.3 Å². The van der Waals surface area contributed by atoms with Crippen molar-refractivity contribution in [2.45, 2.75) is 17.4 Å². The number of rotatable bonds is 4. The zero-order chi connectivity index (χ0) is 15.5. The molecular weight excluding hydrogens is 312 g/mol. The molecule has 1 aromatic rings. The highest BCUT2D eigenvalue weighted by atomic mass is 32.2. The molecule has 0 bridgehead atoms. The molecule has 1 aliphatic heterocycles. The number of anilines is 1. The van der Waals surface area contributed by atoms with Crippen molar-refractivity contribution >= 4 is 33.2 Å². The molecule has 2 rings (SSSR count). The summed E-state index contributed by atoms with van der Waals surface area (Å²) in [4.78, 5) is 12.0. The third-order valence-electron chi connectivity index (χ3n) is 3.10. The maximum absolute atomic E-state index is 12.0. The Kier molecular flexibility index (Phi) is 5.13. The molecular formula is C13H18N2O4S2. The van der Waals surface area contributed by atoms with Gasteiger partial charge in [-0.05, 0) is 18.2 Å². The minimum Gasteiger partial charge on any atom is -0.506 e. The summed E-state index contributed by atoms with van der Waals surface area (Å²) in [5, 5.41) is 15.5. The van der Waals surface area contributed by atoms with Crippen molar-refractivity contribution in [3.05, 3.63) is 18.2 Å². The average Bonchev–Trinajstić information content (AvgIpc) is 2.41. The normalized spacial score (nSPS) is 19.2. The summed E-state index contributed by atoms with van der Waals surface area (Å²) in [7, 11) is -3.38. The van der Waals surface area contributed by atoms with Gasteiger partial charge in [0.15, 0.2) is 9.84 Å². The number of phenolic OH excluding ortho intramolecular Hbond substituents is 1. The molecule has 116 valence electrons. The number of hydrogen-bond donors (Lipinski definition) is 3. The fourth-order valence-electron chi connectivity index (χ4n) is 2.02. The number of benzene rings is 1. The Morgan fingerprint density at radius 3 is 2.90 bits per heavy atom. The second kappa shape index (κ2) is 6.67. The molecule has 1 heterocycles. The maximum atomic E-state index is 12.0. The largest absolute Gasteiger partial charge is 0.506 e. The highest BCUT2D eigenvalue weighted by molar-refractivity contribution is 7.99. The van der Waals surface area contributed by atoms with Gasteiger partial charge in [0.05, 0.1) is 10.6 Å². The molecule has 1 amide bonds. The van der Waals surface area contributed by atoms with Crippen molar-refractivity contribution in [3.8, 4) is 5.75 Å². The number of thioether (sulfide) groups is 1. The summed E-state index contributed by atoms with van der Waals surface area (Å²) < 4.78 is 23.0. The first-order chi connectivity index (χ1) is 9.86. The number of hydrogen-bond acceptors (Lipinski definition) is 6. The third kappa shape index (κ3) is 4.62. The molecule has 1 atom stereocenters. The molecule has 1 saturated heterocycles. The van der Waals surface area contributed by atoms with Gasteiger partial charge in [0.1, 0.15) is 5.75 Å². The first kappa shape index (κ1) is 16.1. The summed E-state index contributed by atoms with van der Waals surface area (Å²) >= 11 is 1.79. The van der Waals surface area contributed by atoms with E-state index in [4.69, 9.17) is 0 Å². The molecule has 0 aromatic heterocycles. The summed E-state index contributed by atoms with van der Waals surface area (Å²) in [6.45, 7) is 0.872. The van der Waals surface area contributed by atoms with Crippen molar-refractivity contribution < 1.29 is 18.3 Å². The summed E-state index contributed by atoms with van der Waals surface area (Å²) in [6.07, 6.45) is 1.36. The Bertz CT molecular complexity index is 625. The summed E-state index contributed by atoms with van der Waals surface area (Å²) in [6, 6.07) is 3.94. The number of aromatic hydroxyl groups is 1. The van der Waals surface area contributed by atoms with Gasteiger partial charge in [0.2, 0.25) is 5.91 Å². The quantitative estimate of drug-likeness (QED) is 0.708. The standard InChI is InChI=1S/C13H18N2O4S2/c1-21(18,19)10-2-3-12(16)11(7-10)15-13(17)6-9-8-20-5-4-14-9/h2-3,7,9,14,16H,4-6,8H2,1H3,(H,15,17). The maximum Gasteiger partial charge on any atom is 0.226 e. The van der Waals surface area contributed by atoms with Crippen LogP contribution in [0.1, 0.15) is 6.42 Å². The number of phenols is 1. The zero-order valence-corrected chi connectivity index (χ0v) is 13.3. The van der Waals surface area contributed by atoms with Crippen LogP contribution in [0.15, 0.2) is 23.1 Å². The first-order valence-corrected chi connectivity index (χ1v) is 9.55. The Labute approximate surface area is 128 Å². The molecule has 1 aliphatic rings. The predicted molar refractivity (Wildman–Crippen MR) is 83.6 cm³/mol. The van der Waals surface area contributed by atoms with Crippen LogP contribution in [0.25, 0.3) is 0 Å². The van der Waals surface area contributed by atoms with E-state index in [1.54, 1.807) is 11.8 Å². The molecule has 8 heteroatoms. The fraction of sp³-hybridized carbons (Fsp3) is 0.462.